The van der Waals surface area contributed by atoms with Crippen LogP contribution in [0.3, 0.4) is 0 Å². The molecule has 0 aliphatic carbocycles. The first-order chi connectivity index (χ1) is 8.20. The number of rotatable bonds is 10. The van der Waals surface area contributed by atoms with Gasteiger partial charge < -0.3 is 9.47 Å². The van der Waals surface area contributed by atoms with Crippen LogP contribution in [-0.4, -0.2) is 30.9 Å². The third kappa shape index (κ3) is 11.6. The molecule has 0 heterocycles. The van der Waals surface area contributed by atoms with E-state index in [-0.39, 0.29) is 11.9 Å². The highest BCUT2D eigenvalue weighted by molar-refractivity contribution is 7.80. The van der Waals surface area contributed by atoms with Crippen LogP contribution in [0.15, 0.2) is 0 Å². The summed E-state index contributed by atoms with van der Waals surface area (Å²) in [5.74, 6) is 0.334. The van der Waals surface area contributed by atoms with E-state index in [1.807, 2.05) is 6.92 Å². The highest BCUT2D eigenvalue weighted by Gasteiger charge is 2.05. The van der Waals surface area contributed by atoms with Crippen molar-refractivity contribution in [3.63, 3.8) is 0 Å². The summed E-state index contributed by atoms with van der Waals surface area (Å²) in [7, 11) is 0. The maximum atomic E-state index is 11.2. The highest BCUT2D eigenvalue weighted by atomic mass is 32.1. The van der Waals surface area contributed by atoms with Crippen molar-refractivity contribution in [1.29, 1.82) is 0 Å². The minimum Gasteiger partial charge on any atom is -0.466 e. The standard InChI is InChI=1S/C12H22O4S/c1-2-8-15-11(13)6-3-4-7-12(14)16-9-5-10-17/h17H,2-10H2,1H3. The molecule has 0 aromatic carbocycles. The van der Waals surface area contributed by atoms with Gasteiger partial charge in [0.2, 0.25) is 0 Å². The van der Waals surface area contributed by atoms with Crippen LogP contribution in [0.2, 0.25) is 0 Å². The van der Waals surface area contributed by atoms with Crippen molar-refractivity contribution in [3.8, 4) is 0 Å². The number of carbonyl (C=O) groups is 2. The van der Waals surface area contributed by atoms with Crippen molar-refractivity contribution < 1.29 is 19.1 Å². The maximum absolute atomic E-state index is 11.2. The lowest BCUT2D eigenvalue weighted by Crippen LogP contribution is -2.07. The van der Waals surface area contributed by atoms with Crippen LogP contribution in [-0.2, 0) is 19.1 Å². The summed E-state index contributed by atoms with van der Waals surface area (Å²) < 4.78 is 9.86. The minimum atomic E-state index is -0.200. The van der Waals surface area contributed by atoms with E-state index in [4.69, 9.17) is 9.47 Å². The van der Waals surface area contributed by atoms with Gasteiger partial charge in [-0.2, -0.15) is 12.6 Å². The van der Waals surface area contributed by atoms with Crippen LogP contribution in [0.4, 0.5) is 0 Å². The largest absolute Gasteiger partial charge is 0.466 e. The molecule has 0 saturated carbocycles. The molecule has 0 aromatic heterocycles. The van der Waals surface area contributed by atoms with Crippen molar-refractivity contribution >= 4 is 24.6 Å². The molecule has 17 heavy (non-hydrogen) atoms. The third-order valence-electron chi connectivity index (χ3n) is 2.04. The molecule has 0 aromatic rings. The summed E-state index contributed by atoms with van der Waals surface area (Å²) in [4.78, 5) is 22.3. The Labute approximate surface area is 108 Å². The fourth-order valence-electron chi connectivity index (χ4n) is 1.15. The number of ether oxygens (including phenoxy) is 2. The number of unbranched alkanes of at least 4 members (excludes halogenated alkanes) is 1. The number of carbonyl (C=O) groups excluding carboxylic acids is 2. The number of thiol groups is 1. The zero-order valence-corrected chi connectivity index (χ0v) is 11.3. The summed E-state index contributed by atoms with van der Waals surface area (Å²) in [5.41, 5.74) is 0. The quantitative estimate of drug-likeness (QED) is 0.373. The van der Waals surface area contributed by atoms with Gasteiger partial charge in [0.25, 0.3) is 0 Å². The molecular weight excluding hydrogens is 240 g/mol. The van der Waals surface area contributed by atoms with E-state index in [0.717, 1.165) is 18.6 Å². The van der Waals surface area contributed by atoms with Crippen LogP contribution in [0, 0.1) is 0 Å². The Morgan fingerprint density at radius 2 is 1.47 bits per heavy atom. The molecule has 4 nitrogen and oxygen atoms in total. The molecule has 0 fully saturated rings. The van der Waals surface area contributed by atoms with Gasteiger partial charge in [-0.25, -0.2) is 0 Å². The van der Waals surface area contributed by atoms with E-state index >= 15 is 0 Å². The fourth-order valence-corrected chi connectivity index (χ4v) is 1.28. The van der Waals surface area contributed by atoms with E-state index in [0.29, 0.717) is 38.9 Å². The second-order valence-electron chi connectivity index (χ2n) is 3.73. The Kier molecular flexibility index (Phi) is 11.3. The van der Waals surface area contributed by atoms with Gasteiger partial charge in [-0.3, -0.25) is 9.59 Å². The Morgan fingerprint density at radius 3 is 1.94 bits per heavy atom. The van der Waals surface area contributed by atoms with Gasteiger partial charge in [0, 0.05) is 12.8 Å². The molecule has 0 rings (SSSR count). The van der Waals surface area contributed by atoms with Crippen LogP contribution in [0.5, 0.6) is 0 Å². The summed E-state index contributed by atoms with van der Waals surface area (Å²) in [6, 6.07) is 0. The first kappa shape index (κ1) is 16.3. The Morgan fingerprint density at radius 1 is 0.941 bits per heavy atom. The summed E-state index contributed by atoms with van der Waals surface area (Å²) in [6.45, 7) is 2.86. The van der Waals surface area contributed by atoms with Crippen molar-refractivity contribution in [3.05, 3.63) is 0 Å². The van der Waals surface area contributed by atoms with Crippen LogP contribution < -0.4 is 0 Å². The zero-order chi connectivity index (χ0) is 12.9. The predicted octanol–water partition coefficient (Wildman–Crippen LogP) is 2.36. The van der Waals surface area contributed by atoms with E-state index in [2.05, 4.69) is 12.6 Å². The Bertz CT molecular complexity index is 219. The lowest BCUT2D eigenvalue weighted by molar-refractivity contribution is -0.145. The first-order valence-corrected chi connectivity index (χ1v) is 6.76. The first-order valence-electron chi connectivity index (χ1n) is 6.12. The highest BCUT2D eigenvalue weighted by Crippen LogP contribution is 2.03. The second kappa shape index (κ2) is 11.8. The lowest BCUT2D eigenvalue weighted by atomic mass is 10.2. The van der Waals surface area contributed by atoms with E-state index in [1.165, 1.54) is 0 Å². The maximum Gasteiger partial charge on any atom is 0.305 e. The Balaban J connectivity index is 3.32. The van der Waals surface area contributed by atoms with Crippen LogP contribution >= 0.6 is 12.6 Å². The average molecular weight is 262 g/mol. The van der Waals surface area contributed by atoms with Crippen LogP contribution in [0.25, 0.3) is 0 Å². The molecule has 0 aliphatic rings. The number of hydrogen-bond acceptors (Lipinski definition) is 5. The molecule has 0 N–H and O–H groups in total. The predicted molar refractivity (Wildman–Crippen MR) is 69.1 cm³/mol. The van der Waals surface area contributed by atoms with Gasteiger partial charge in [0.1, 0.15) is 0 Å². The van der Waals surface area contributed by atoms with Gasteiger partial charge in [-0.05, 0) is 31.4 Å². The molecule has 0 unspecified atom stereocenters. The van der Waals surface area contributed by atoms with Gasteiger partial charge in [0.15, 0.2) is 0 Å². The van der Waals surface area contributed by atoms with E-state index in [9.17, 15) is 9.59 Å². The molecule has 100 valence electrons. The fraction of sp³-hybridized carbons (Fsp3) is 0.833. The minimum absolute atomic E-state index is 0.185. The van der Waals surface area contributed by atoms with Crippen LogP contribution in [0.1, 0.15) is 45.4 Å². The molecule has 0 radical (unpaired) electrons. The third-order valence-corrected chi connectivity index (χ3v) is 2.36. The average Bonchev–Trinajstić information content (AvgIpc) is 2.32. The summed E-state index contributed by atoms with van der Waals surface area (Å²) >= 11 is 4.02. The zero-order valence-electron chi connectivity index (χ0n) is 10.4. The molecule has 0 spiro atoms. The topological polar surface area (TPSA) is 52.6 Å². The number of esters is 2. The van der Waals surface area contributed by atoms with E-state index < -0.39 is 0 Å². The van der Waals surface area contributed by atoms with Crippen molar-refractivity contribution in [2.75, 3.05) is 19.0 Å². The lowest BCUT2D eigenvalue weighted by Gasteiger charge is -2.04. The molecule has 0 bridgehead atoms. The normalized spacial score (nSPS) is 10.0. The summed E-state index contributed by atoms with van der Waals surface area (Å²) in [6.07, 6.45) is 3.70. The van der Waals surface area contributed by atoms with Gasteiger partial charge in [-0.15, -0.1) is 0 Å². The molecule has 0 atom stereocenters. The molecule has 5 heteroatoms. The van der Waals surface area contributed by atoms with Gasteiger partial charge in [-0.1, -0.05) is 6.92 Å². The molecule has 0 aliphatic heterocycles. The molecule has 0 saturated heterocycles. The SMILES string of the molecule is CCCOC(=O)CCCCC(=O)OCCCS. The van der Waals surface area contributed by atoms with E-state index in [1.54, 1.807) is 0 Å². The van der Waals surface area contributed by atoms with Crippen molar-refractivity contribution in [2.24, 2.45) is 0 Å². The van der Waals surface area contributed by atoms with Crippen molar-refractivity contribution in [2.45, 2.75) is 45.4 Å². The number of hydrogen-bond donors (Lipinski definition) is 1. The van der Waals surface area contributed by atoms with Gasteiger partial charge >= 0.3 is 11.9 Å². The van der Waals surface area contributed by atoms with Gasteiger partial charge in [0.05, 0.1) is 13.2 Å². The second-order valence-corrected chi connectivity index (χ2v) is 4.17. The molecular formula is C12H22O4S. The smallest absolute Gasteiger partial charge is 0.305 e. The monoisotopic (exact) mass is 262 g/mol. The van der Waals surface area contributed by atoms with Crippen molar-refractivity contribution in [1.82, 2.24) is 0 Å². The molecule has 0 amide bonds. The summed E-state index contributed by atoms with van der Waals surface area (Å²) in [5, 5.41) is 0. The Hall–Kier alpha value is -0.710.